The number of rotatable bonds is 3. The molecule has 0 heterocycles. The third kappa shape index (κ3) is 2.49. The number of hydrogen-bond acceptors (Lipinski definition) is 1. The first-order valence-corrected chi connectivity index (χ1v) is 3.38. The highest BCUT2D eigenvalue weighted by Gasteiger charge is 2.15. The summed E-state index contributed by atoms with van der Waals surface area (Å²) in [4.78, 5) is 10.6. The van der Waals surface area contributed by atoms with E-state index in [2.05, 4.69) is 0 Å². The third-order valence-corrected chi connectivity index (χ3v) is 1.61. The van der Waals surface area contributed by atoms with Gasteiger partial charge in [-0.15, -0.1) is 0 Å². The van der Waals surface area contributed by atoms with Crippen LogP contribution in [0, 0.1) is 11.8 Å². The fraction of sp³-hybridized carbons (Fsp3) is 0.857. The second-order valence-electron chi connectivity index (χ2n) is 2.66. The van der Waals surface area contributed by atoms with E-state index in [-0.39, 0.29) is 13.3 Å². The smallest absolute Gasteiger partial charge is 0.220 e. The minimum atomic E-state index is -0.174. The van der Waals surface area contributed by atoms with Crippen LogP contribution in [0.1, 0.15) is 28.6 Å². The van der Waals surface area contributed by atoms with Crippen molar-refractivity contribution in [3.63, 3.8) is 0 Å². The van der Waals surface area contributed by atoms with Crippen molar-refractivity contribution in [3.8, 4) is 0 Å². The Hall–Kier alpha value is -0.530. The zero-order chi connectivity index (χ0) is 7.44. The molecule has 0 aliphatic rings. The molecule has 9 heavy (non-hydrogen) atoms. The van der Waals surface area contributed by atoms with E-state index in [0.717, 1.165) is 6.42 Å². The quantitative estimate of drug-likeness (QED) is 0.618. The highest BCUT2D eigenvalue weighted by molar-refractivity contribution is 5.76. The number of hydrogen-bond donors (Lipinski definition) is 1. The van der Waals surface area contributed by atoms with Gasteiger partial charge in [0.15, 0.2) is 0 Å². The summed E-state index contributed by atoms with van der Waals surface area (Å²) in [7, 11) is 0. The molecule has 0 aromatic heterocycles. The molecule has 0 fully saturated rings. The van der Waals surface area contributed by atoms with Crippen molar-refractivity contribution in [3.05, 3.63) is 0 Å². The lowest BCUT2D eigenvalue weighted by Gasteiger charge is -2.13. The second kappa shape index (κ2) is 3.49. The summed E-state index contributed by atoms with van der Waals surface area (Å²) >= 11 is 0. The van der Waals surface area contributed by atoms with Gasteiger partial charge in [0.25, 0.3) is 0 Å². The van der Waals surface area contributed by atoms with Gasteiger partial charge in [0.1, 0.15) is 0 Å². The van der Waals surface area contributed by atoms with Gasteiger partial charge >= 0.3 is 0 Å². The maximum atomic E-state index is 10.6. The van der Waals surface area contributed by atoms with Gasteiger partial charge in [-0.25, -0.2) is 0 Å². The molecule has 0 saturated heterocycles. The molecule has 0 aromatic rings. The number of carbonyl (C=O) groups excluding carboxylic acids is 1. The van der Waals surface area contributed by atoms with Crippen LogP contribution in [-0.2, 0) is 4.79 Å². The van der Waals surface area contributed by atoms with Crippen molar-refractivity contribution in [2.75, 3.05) is 0 Å². The topological polar surface area (TPSA) is 43.1 Å². The lowest BCUT2D eigenvalue weighted by atomic mass is 9.93. The molecule has 0 aliphatic heterocycles. The van der Waals surface area contributed by atoms with E-state index < -0.39 is 0 Å². The van der Waals surface area contributed by atoms with Gasteiger partial charge < -0.3 is 5.73 Å². The van der Waals surface area contributed by atoms with Crippen molar-refractivity contribution in [2.45, 2.75) is 27.2 Å². The van der Waals surface area contributed by atoms with Gasteiger partial charge in [-0.2, -0.15) is 0 Å². The molecular weight excluding hydrogens is 114 g/mol. The van der Waals surface area contributed by atoms with E-state index in [1.54, 1.807) is 0 Å². The summed E-state index contributed by atoms with van der Waals surface area (Å²) < 4.78 is 0. The van der Waals surface area contributed by atoms with Crippen LogP contribution in [0.25, 0.3) is 0 Å². The predicted octanol–water partition coefficient (Wildman–Crippen LogP) is 1.40. The molecule has 2 nitrogen and oxygen atoms in total. The second-order valence-corrected chi connectivity index (χ2v) is 2.66. The molecule has 2 heteroatoms. The normalized spacial score (nSPS) is 13.8. The summed E-state index contributed by atoms with van der Waals surface area (Å²) in [5.74, 6) is 0.269. The first kappa shape index (κ1) is 8.47. The zero-order valence-corrected chi connectivity index (χ0v) is 6.35. The van der Waals surface area contributed by atoms with Gasteiger partial charge in [-0.3, -0.25) is 4.79 Å². The van der Waals surface area contributed by atoms with Gasteiger partial charge in [-0.05, 0) is 12.3 Å². The van der Waals surface area contributed by atoms with E-state index in [1.807, 2.05) is 20.8 Å². The van der Waals surface area contributed by atoms with Gasteiger partial charge in [-0.1, -0.05) is 20.8 Å². The average Bonchev–Trinajstić information content (AvgIpc) is 1.64. The SMILES string of the molecule is CCC(C(N)=O)C(C)C.[HH]. The standard InChI is InChI=1S/C7H15NO.H2/c1-4-6(5(2)3)7(8)9;/h5-6H,4H2,1-3H3,(H2,8,9);1H. The van der Waals surface area contributed by atoms with Crippen LogP contribution >= 0.6 is 0 Å². The van der Waals surface area contributed by atoms with E-state index in [0.29, 0.717) is 5.92 Å². The van der Waals surface area contributed by atoms with Crippen LogP contribution < -0.4 is 5.73 Å². The first-order chi connectivity index (χ1) is 4.09. The Balaban J connectivity index is 0. The summed E-state index contributed by atoms with van der Waals surface area (Å²) in [6.07, 6.45) is 0.854. The average molecular weight is 131 g/mol. The summed E-state index contributed by atoms with van der Waals surface area (Å²) in [5, 5.41) is 0. The summed E-state index contributed by atoms with van der Waals surface area (Å²) in [6, 6.07) is 0. The predicted molar refractivity (Wildman–Crippen MR) is 39.9 cm³/mol. The molecule has 0 spiro atoms. The van der Waals surface area contributed by atoms with Crippen molar-refractivity contribution in [1.82, 2.24) is 0 Å². The Bertz CT molecular complexity index is 104. The van der Waals surface area contributed by atoms with Crippen LogP contribution in [0.5, 0.6) is 0 Å². The third-order valence-electron chi connectivity index (χ3n) is 1.61. The van der Waals surface area contributed by atoms with Gasteiger partial charge in [0, 0.05) is 7.34 Å². The Morgan fingerprint density at radius 3 is 2.11 bits per heavy atom. The highest BCUT2D eigenvalue weighted by Crippen LogP contribution is 2.12. The van der Waals surface area contributed by atoms with Crippen LogP contribution in [0.15, 0.2) is 0 Å². The minimum Gasteiger partial charge on any atom is -0.369 e. The molecule has 0 aliphatic carbocycles. The lowest BCUT2D eigenvalue weighted by molar-refractivity contribution is -0.123. The highest BCUT2D eigenvalue weighted by atomic mass is 16.1. The van der Waals surface area contributed by atoms with Crippen molar-refractivity contribution in [1.29, 1.82) is 0 Å². The monoisotopic (exact) mass is 131 g/mol. The molecule has 0 radical (unpaired) electrons. The van der Waals surface area contributed by atoms with Gasteiger partial charge in [0.2, 0.25) is 5.91 Å². The van der Waals surface area contributed by atoms with E-state index in [9.17, 15) is 4.79 Å². The molecule has 1 amide bonds. The number of amides is 1. The summed E-state index contributed by atoms with van der Waals surface area (Å²) in [5.41, 5.74) is 5.11. The van der Waals surface area contributed by atoms with Crippen LogP contribution in [-0.4, -0.2) is 5.91 Å². The summed E-state index contributed by atoms with van der Waals surface area (Å²) in [6.45, 7) is 6.01. The number of nitrogens with two attached hydrogens (primary N) is 1. The molecule has 1 atom stereocenters. The van der Waals surface area contributed by atoms with Crippen molar-refractivity contribution >= 4 is 5.91 Å². The molecule has 1 unspecified atom stereocenters. The Morgan fingerprint density at radius 2 is 2.11 bits per heavy atom. The molecule has 2 N–H and O–H groups in total. The molecule has 0 rings (SSSR count). The molecule has 0 bridgehead atoms. The Labute approximate surface area is 57.9 Å². The maximum Gasteiger partial charge on any atom is 0.220 e. The maximum absolute atomic E-state index is 10.6. The number of carbonyl (C=O) groups is 1. The first-order valence-electron chi connectivity index (χ1n) is 3.38. The minimum absolute atomic E-state index is 0. The van der Waals surface area contributed by atoms with Crippen molar-refractivity contribution in [2.24, 2.45) is 17.6 Å². The van der Waals surface area contributed by atoms with Crippen LogP contribution in [0.3, 0.4) is 0 Å². The van der Waals surface area contributed by atoms with Gasteiger partial charge in [0.05, 0.1) is 0 Å². The zero-order valence-electron chi connectivity index (χ0n) is 6.35. The fourth-order valence-electron chi connectivity index (χ4n) is 1.00. The van der Waals surface area contributed by atoms with E-state index in [4.69, 9.17) is 5.73 Å². The number of primary amides is 1. The fourth-order valence-corrected chi connectivity index (χ4v) is 1.00. The Kier molecular flexibility index (Phi) is 3.28. The largest absolute Gasteiger partial charge is 0.369 e. The molecule has 0 saturated carbocycles. The molecule has 56 valence electrons. The molecular formula is C7H17NO. The van der Waals surface area contributed by atoms with E-state index in [1.165, 1.54) is 0 Å². The molecule has 0 aromatic carbocycles. The van der Waals surface area contributed by atoms with Crippen LogP contribution in [0.2, 0.25) is 0 Å². The van der Waals surface area contributed by atoms with Crippen molar-refractivity contribution < 1.29 is 6.22 Å². The van der Waals surface area contributed by atoms with Crippen LogP contribution in [0.4, 0.5) is 0 Å². The Morgan fingerprint density at radius 1 is 1.67 bits per heavy atom. The van der Waals surface area contributed by atoms with E-state index >= 15 is 0 Å². The lowest BCUT2D eigenvalue weighted by Crippen LogP contribution is -2.26.